The van der Waals surface area contributed by atoms with Crippen LogP contribution in [0.2, 0.25) is 0 Å². The smallest absolute Gasteiger partial charge is 0.222 e. The molecule has 0 aliphatic carbocycles. The number of carbonyl (C=O) groups is 1. The summed E-state index contributed by atoms with van der Waals surface area (Å²) in [5.41, 5.74) is 0.500. The molecule has 2 rings (SSSR count). The van der Waals surface area contributed by atoms with E-state index in [0.717, 1.165) is 25.9 Å². The first-order valence-electron chi connectivity index (χ1n) is 7.08. The molecule has 0 unspecified atom stereocenters. The lowest BCUT2D eigenvalue weighted by Crippen LogP contribution is -2.33. The van der Waals surface area contributed by atoms with Gasteiger partial charge in [0.2, 0.25) is 5.91 Å². The molecule has 20 heavy (non-hydrogen) atoms. The Labute approximate surface area is 118 Å². The molecule has 0 saturated carbocycles. The van der Waals surface area contributed by atoms with Gasteiger partial charge in [0.1, 0.15) is 5.82 Å². The van der Waals surface area contributed by atoms with Crippen LogP contribution in [0.3, 0.4) is 0 Å². The SMILES string of the molecule is O=C(CCOC1CCNCC1)NCc1ccccc1F. The summed E-state index contributed by atoms with van der Waals surface area (Å²) in [4.78, 5) is 11.6. The number of rotatable bonds is 6. The Morgan fingerprint density at radius 3 is 2.85 bits per heavy atom. The van der Waals surface area contributed by atoms with Gasteiger partial charge in [-0.15, -0.1) is 0 Å². The van der Waals surface area contributed by atoms with Crippen LogP contribution < -0.4 is 10.6 Å². The van der Waals surface area contributed by atoms with Crippen molar-refractivity contribution in [2.75, 3.05) is 19.7 Å². The molecule has 1 aromatic rings. The van der Waals surface area contributed by atoms with Crippen molar-refractivity contribution in [3.05, 3.63) is 35.6 Å². The molecule has 1 amide bonds. The molecule has 110 valence electrons. The third kappa shape index (κ3) is 4.90. The minimum Gasteiger partial charge on any atom is -0.378 e. The van der Waals surface area contributed by atoms with Crippen LogP contribution in [-0.4, -0.2) is 31.7 Å². The maximum atomic E-state index is 13.4. The minimum atomic E-state index is -0.293. The Bertz CT molecular complexity index is 434. The number of hydrogen-bond donors (Lipinski definition) is 2. The van der Waals surface area contributed by atoms with E-state index in [1.165, 1.54) is 6.07 Å². The Kier molecular flexibility index (Phi) is 5.95. The third-order valence-corrected chi connectivity index (χ3v) is 3.40. The fourth-order valence-electron chi connectivity index (χ4n) is 2.20. The number of benzene rings is 1. The Morgan fingerprint density at radius 1 is 1.35 bits per heavy atom. The van der Waals surface area contributed by atoms with Gasteiger partial charge >= 0.3 is 0 Å². The molecule has 0 spiro atoms. The number of nitrogens with one attached hydrogen (secondary N) is 2. The molecule has 1 aliphatic heterocycles. The van der Waals surface area contributed by atoms with E-state index in [-0.39, 0.29) is 24.4 Å². The number of carbonyl (C=O) groups excluding carboxylic acids is 1. The van der Waals surface area contributed by atoms with Crippen LogP contribution in [0.1, 0.15) is 24.8 Å². The molecule has 4 nitrogen and oxygen atoms in total. The zero-order valence-corrected chi connectivity index (χ0v) is 11.5. The highest BCUT2D eigenvalue weighted by atomic mass is 19.1. The second kappa shape index (κ2) is 7.97. The highest BCUT2D eigenvalue weighted by Crippen LogP contribution is 2.08. The van der Waals surface area contributed by atoms with Crippen LogP contribution in [0.5, 0.6) is 0 Å². The summed E-state index contributed by atoms with van der Waals surface area (Å²) in [5, 5.41) is 5.97. The van der Waals surface area contributed by atoms with Crippen molar-refractivity contribution in [2.24, 2.45) is 0 Å². The first-order chi connectivity index (χ1) is 9.75. The monoisotopic (exact) mass is 280 g/mol. The van der Waals surface area contributed by atoms with Crippen molar-refractivity contribution < 1.29 is 13.9 Å². The first kappa shape index (κ1) is 14.9. The van der Waals surface area contributed by atoms with Crippen LogP contribution in [0.25, 0.3) is 0 Å². The minimum absolute atomic E-state index is 0.109. The first-order valence-corrected chi connectivity index (χ1v) is 7.08. The molecular weight excluding hydrogens is 259 g/mol. The zero-order chi connectivity index (χ0) is 14.2. The Balaban J connectivity index is 1.62. The van der Waals surface area contributed by atoms with E-state index >= 15 is 0 Å². The number of hydrogen-bond acceptors (Lipinski definition) is 3. The lowest BCUT2D eigenvalue weighted by molar-refractivity contribution is -0.122. The van der Waals surface area contributed by atoms with Crippen LogP contribution in [0.4, 0.5) is 4.39 Å². The molecule has 1 heterocycles. The van der Waals surface area contributed by atoms with Crippen LogP contribution in [0, 0.1) is 5.82 Å². The maximum absolute atomic E-state index is 13.4. The van der Waals surface area contributed by atoms with Crippen molar-refractivity contribution in [1.29, 1.82) is 0 Å². The molecule has 5 heteroatoms. The molecule has 1 saturated heterocycles. The summed E-state index contributed by atoms with van der Waals surface area (Å²) < 4.78 is 19.0. The number of amides is 1. The molecular formula is C15H21FN2O2. The average molecular weight is 280 g/mol. The van der Waals surface area contributed by atoms with Crippen molar-refractivity contribution in [3.63, 3.8) is 0 Å². The summed E-state index contributed by atoms with van der Waals surface area (Å²) in [6.07, 6.45) is 2.57. The van der Waals surface area contributed by atoms with Crippen LogP contribution >= 0.6 is 0 Å². The van der Waals surface area contributed by atoms with Gasteiger partial charge in [0, 0.05) is 18.5 Å². The highest BCUT2D eigenvalue weighted by Gasteiger charge is 2.13. The molecule has 1 fully saturated rings. The van der Waals surface area contributed by atoms with Gasteiger partial charge < -0.3 is 15.4 Å². The second-order valence-electron chi connectivity index (χ2n) is 4.94. The quantitative estimate of drug-likeness (QED) is 0.832. The van der Waals surface area contributed by atoms with Crippen LogP contribution in [0.15, 0.2) is 24.3 Å². The average Bonchev–Trinajstić information content (AvgIpc) is 2.47. The molecule has 1 aromatic carbocycles. The summed E-state index contributed by atoms with van der Waals surface area (Å²) in [7, 11) is 0. The van der Waals surface area contributed by atoms with Crippen molar-refractivity contribution in [1.82, 2.24) is 10.6 Å². The van der Waals surface area contributed by atoms with E-state index in [2.05, 4.69) is 10.6 Å². The standard InChI is InChI=1S/C15H21FN2O2/c16-14-4-2-1-3-12(14)11-18-15(19)7-10-20-13-5-8-17-9-6-13/h1-4,13,17H,5-11H2,(H,18,19). The van der Waals surface area contributed by atoms with E-state index in [4.69, 9.17) is 4.74 Å². The van der Waals surface area contributed by atoms with E-state index in [1.807, 2.05) is 0 Å². The molecule has 0 atom stereocenters. The lowest BCUT2D eigenvalue weighted by Gasteiger charge is -2.22. The van der Waals surface area contributed by atoms with E-state index in [1.54, 1.807) is 18.2 Å². The molecule has 2 N–H and O–H groups in total. The summed E-state index contributed by atoms with van der Waals surface area (Å²) in [6, 6.07) is 6.45. The van der Waals surface area contributed by atoms with Gasteiger partial charge in [-0.3, -0.25) is 4.79 Å². The Hall–Kier alpha value is -1.46. The van der Waals surface area contributed by atoms with Crippen molar-refractivity contribution >= 4 is 5.91 Å². The van der Waals surface area contributed by atoms with Gasteiger partial charge in [0.05, 0.1) is 12.7 Å². The predicted molar refractivity (Wildman–Crippen MR) is 74.7 cm³/mol. The largest absolute Gasteiger partial charge is 0.378 e. The molecule has 1 aliphatic rings. The molecule has 0 radical (unpaired) electrons. The van der Waals surface area contributed by atoms with Gasteiger partial charge in [-0.25, -0.2) is 4.39 Å². The molecule has 0 bridgehead atoms. The fraction of sp³-hybridized carbons (Fsp3) is 0.533. The molecule has 0 aromatic heterocycles. The summed E-state index contributed by atoms with van der Waals surface area (Å²) >= 11 is 0. The van der Waals surface area contributed by atoms with Crippen molar-refractivity contribution in [3.8, 4) is 0 Å². The fourth-order valence-corrected chi connectivity index (χ4v) is 2.20. The summed E-state index contributed by atoms with van der Waals surface area (Å²) in [5.74, 6) is -0.402. The van der Waals surface area contributed by atoms with E-state index < -0.39 is 0 Å². The highest BCUT2D eigenvalue weighted by molar-refractivity contribution is 5.75. The summed E-state index contributed by atoms with van der Waals surface area (Å²) in [6.45, 7) is 2.60. The number of halogens is 1. The number of ether oxygens (including phenoxy) is 1. The van der Waals surface area contributed by atoms with Gasteiger partial charge in [-0.2, -0.15) is 0 Å². The van der Waals surface area contributed by atoms with Gasteiger partial charge in [-0.1, -0.05) is 18.2 Å². The normalized spacial score (nSPS) is 16.1. The zero-order valence-electron chi connectivity index (χ0n) is 11.5. The lowest BCUT2D eigenvalue weighted by atomic mass is 10.1. The topological polar surface area (TPSA) is 50.4 Å². The third-order valence-electron chi connectivity index (χ3n) is 3.40. The van der Waals surface area contributed by atoms with Crippen molar-refractivity contribution in [2.45, 2.75) is 31.9 Å². The van der Waals surface area contributed by atoms with E-state index in [9.17, 15) is 9.18 Å². The Morgan fingerprint density at radius 2 is 2.10 bits per heavy atom. The second-order valence-corrected chi connectivity index (χ2v) is 4.94. The van der Waals surface area contributed by atoms with E-state index in [0.29, 0.717) is 18.6 Å². The van der Waals surface area contributed by atoms with Gasteiger partial charge in [0.15, 0.2) is 0 Å². The predicted octanol–water partition coefficient (Wildman–Crippen LogP) is 1.60. The number of piperidine rings is 1. The maximum Gasteiger partial charge on any atom is 0.222 e. The van der Waals surface area contributed by atoms with Crippen LogP contribution in [-0.2, 0) is 16.1 Å². The van der Waals surface area contributed by atoms with Gasteiger partial charge in [0.25, 0.3) is 0 Å². The van der Waals surface area contributed by atoms with Gasteiger partial charge in [-0.05, 0) is 32.0 Å².